The van der Waals surface area contributed by atoms with Gasteiger partial charge in [0.25, 0.3) is 5.91 Å². The van der Waals surface area contributed by atoms with Crippen molar-refractivity contribution in [3.05, 3.63) is 72.6 Å². The first-order valence-electron chi connectivity index (χ1n) is 10.3. The molecule has 0 bridgehead atoms. The topological polar surface area (TPSA) is 67.5 Å². The van der Waals surface area contributed by atoms with Crippen molar-refractivity contribution in [2.24, 2.45) is 0 Å². The molecule has 1 aliphatic rings. The molecule has 0 unspecified atom stereocenters. The van der Waals surface area contributed by atoms with Crippen LogP contribution in [0.1, 0.15) is 10.4 Å². The minimum absolute atomic E-state index is 0.0375. The number of hydrogen-bond acceptors (Lipinski definition) is 4. The molecule has 1 amide bonds. The van der Waals surface area contributed by atoms with Crippen molar-refractivity contribution in [2.75, 3.05) is 33.4 Å². The van der Waals surface area contributed by atoms with Crippen LogP contribution >= 0.6 is 0 Å². The van der Waals surface area contributed by atoms with E-state index in [2.05, 4.69) is 16.0 Å². The maximum atomic E-state index is 12.9. The standard InChI is InChI=1S/C25H23N3O3/c1-30-23-8-3-2-7-20(23)22-16-27-24-21(22)14-19(15-26-24)17-5-4-6-18(13-17)25(29)28-9-11-31-12-10-28/h2-8,13-16H,9-12H2,1H3,(H,26,27). The Bertz CT molecular complexity index is 1240. The van der Waals surface area contributed by atoms with Gasteiger partial charge in [0, 0.05) is 53.1 Å². The van der Waals surface area contributed by atoms with Crippen molar-refractivity contribution in [3.63, 3.8) is 0 Å². The van der Waals surface area contributed by atoms with E-state index >= 15 is 0 Å². The molecule has 5 rings (SSSR count). The van der Waals surface area contributed by atoms with E-state index in [0.717, 1.165) is 39.0 Å². The normalized spacial score (nSPS) is 14.0. The lowest BCUT2D eigenvalue weighted by atomic mass is 10.0. The molecule has 6 nitrogen and oxygen atoms in total. The molecule has 4 aromatic rings. The molecule has 2 aromatic carbocycles. The summed E-state index contributed by atoms with van der Waals surface area (Å²) < 4.78 is 10.9. The highest BCUT2D eigenvalue weighted by Gasteiger charge is 2.19. The lowest BCUT2D eigenvalue weighted by molar-refractivity contribution is 0.0303. The van der Waals surface area contributed by atoms with E-state index in [0.29, 0.717) is 31.9 Å². The third kappa shape index (κ3) is 3.66. The number of H-pyrrole nitrogens is 1. The summed E-state index contributed by atoms with van der Waals surface area (Å²) in [7, 11) is 1.67. The Balaban J connectivity index is 1.53. The lowest BCUT2D eigenvalue weighted by Gasteiger charge is -2.27. The molecule has 0 aliphatic carbocycles. The number of hydrogen-bond donors (Lipinski definition) is 1. The highest BCUT2D eigenvalue weighted by Crippen LogP contribution is 2.36. The van der Waals surface area contributed by atoms with Gasteiger partial charge in [-0.1, -0.05) is 30.3 Å². The molecule has 0 saturated carbocycles. The van der Waals surface area contributed by atoms with Crippen molar-refractivity contribution in [1.29, 1.82) is 0 Å². The predicted molar refractivity (Wildman–Crippen MR) is 120 cm³/mol. The number of fused-ring (bicyclic) bond motifs is 1. The lowest BCUT2D eigenvalue weighted by Crippen LogP contribution is -2.40. The fourth-order valence-corrected chi connectivity index (χ4v) is 4.03. The minimum atomic E-state index is 0.0375. The number of nitrogens with one attached hydrogen (secondary N) is 1. The summed E-state index contributed by atoms with van der Waals surface area (Å²) in [5, 5.41) is 1.01. The summed E-state index contributed by atoms with van der Waals surface area (Å²) >= 11 is 0. The molecule has 3 heterocycles. The number of carbonyl (C=O) groups is 1. The van der Waals surface area contributed by atoms with Crippen LogP contribution in [0.2, 0.25) is 0 Å². The van der Waals surface area contributed by atoms with Crippen molar-refractivity contribution in [3.8, 4) is 28.0 Å². The molecule has 156 valence electrons. The summed E-state index contributed by atoms with van der Waals surface area (Å²) in [6.07, 6.45) is 3.79. The molecule has 0 spiro atoms. The summed E-state index contributed by atoms with van der Waals surface area (Å²) in [6.45, 7) is 2.43. The molecule has 0 radical (unpaired) electrons. The maximum Gasteiger partial charge on any atom is 0.254 e. The number of nitrogens with zero attached hydrogens (tertiary/aromatic N) is 2. The monoisotopic (exact) mass is 413 g/mol. The van der Waals surface area contributed by atoms with Crippen LogP contribution in [0.25, 0.3) is 33.3 Å². The van der Waals surface area contributed by atoms with Gasteiger partial charge in [-0.15, -0.1) is 0 Å². The predicted octanol–water partition coefficient (Wildman–Crippen LogP) is 4.38. The molecule has 1 fully saturated rings. The molecular weight excluding hydrogens is 390 g/mol. The van der Waals surface area contributed by atoms with Gasteiger partial charge in [-0.3, -0.25) is 4.79 Å². The number of pyridine rings is 1. The van der Waals surface area contributed by atoms with E-state index in [1.165, 1.54) is 0 Å². The quantitative estimate of drug-likeness (QED) is 0.539. The van der Waals surface area contributed by atoms with Crippen LogP contribution in [0.3, 0.4) is 0 Å². The zero-order chi connectivity index (χ0) is 21.2. The van der Waals surface area contributed by atoms with Gasteiger partial charge in [0.2, 0.25) is 0 Å². The van der Waals surface area contributed by atoms with Gasteiger partial charge >= 0.3 is 0 Å². The van der Waals surface area contributed by atoms with Gasteiger partial charge < -0.3 is 19.4 Å². The highest BCUT2D eigenvalue weighted by atomic mass is 16.5. The number of aromatic nitrogens is 2. The van der Waals surface area contributed by atoms with Gasteiger partial charge in [-0.05, 0) is 29.8 Å². The second-order valence-electron chi connectivity index (χ2n) is 7.51. The van der Waals surface area contributed by atoms with Crippen molar-refractivity contribution in [1.82, 2.24) is 14.9 Å². The number of benzene rings is 2. The first kappa shape index (κ1) is 19.3. The van der Waals surface area contributed by atoms with E-state index < -0.39 is 0 Å². The second-order valence-corrected chi connectivity index (χ2v) is 7.51. The molecule has 1 saturated heterocycles. The Morgan fingerprint density at radius 2 is 1.87 bits per heavy atom. The van der Waals surface area contributed by atoms with E-state index in [4.69, 9.17) is 9.47 Å². The van der Waals surface area contributed by atoms with Crippen LogP contribution in [-0.4, -0.2) is 54.2 Å². The Kier molecular flexibility index (Phi) is 5.14. The minimum Gasteiger partial charge on any atom is -0.496 e. The van der Waals surface area contributed by atoms with Crippen LogP contribution in [-0.2, 0) is 4.74 Å². The number of amides is 1. The van der Waals surface area contributed by atoms with Gasteiger partial charge in [0.05, 0.1) is 20.3 Å². The Morgan fingerprint density at radius 3 is 2.71 bits per heavy atom. The van der Waals surface area contributed by atoms with Crippen molar-refractivity contribution < 1.29 is 14.3 Å². The number of rotatable bonds is 4. The maximum absolute atomic E-state index is 12.9. The van der Waals surface area contributed by atoms with Gasteiger partial charge in [-0.2, -0.15) is 0 Å². The summed E-state index contributed by atoms with van der Waals surface area (Å²) in [4.78, 5) is 22.6. The number of para-hydroxylation sites is 1. The van der Waals surface area contributed by atoms with Crippen LogP contribution in [0.4, 0.5) is 0 Å². The van der Waals surface area contributed by atoms with E-state index in [-0.39, 0.29) is 5.91 Å². The summed E-state index contributed by atoms with van der Waals surface area (Å²) in [6, 6.07) is 17.8. The van der Waals surface area contributed by atoms with Gasteiger partial charge in [0.1, 0.15) is 11.4 Å². The van der Waals surface area contributed by atoms with Gasteiger partial charge in [-0.25, -0.2) is 4.98 Å². The van der Waals surface area contributed by atoms with Crippen LogP contribution in [0, 0.1) is 0 Å². The number of morpholine rings is 1. The summed E-state index contributed by atoms with van der Waals surface area (Å²) in [5.41, 5.74) is 5.44. The fourth-order valence-electron chi connectivity index (χ4n) is 4.03. The molecule has 2 aromatic heterocycles. The zero-order valence-electron chi connectivity index (χ0n) is 17.3. The van der Waals surface area contributed by atoms with Gasteiger partial charge in [0.15, 0.2) is 0 Å². The average Bonchev–Trinajstić information content (AvgIpc) is 3.27. The Hall–Kier alpha value is -3.64. The van der Waals surface area contributed by atoms with Crippen LogP contribution in [0.5, 0.6) is 5.75 Å². The Labute approximate surface area is 180 Å². The largest absolute Gasteiger partial charge is 0.496 e. The van der Waals surface area contributed by atoms with E-state index in [9.17, 15) is 4.79 Å². The van der Waals surface area contributed by atoms with Crippen molar-refractivity contribution >= 4 is 16.9 Å². The number of aromatic amines is 1. The molecule has 0 atom stereocenters. The molecular formula is C25H23N3O3. The number of ether oxygens (including phenoxy) is 2. The third-order valence-electron chi connectivity index (χ3n) is 5.67. The zero-order valence-corrected chi connectivity index (χ0v) is 17.3. The Morgan fingerprint density at radius 1 is 1.03 bits per heavy atom. The second kappa shape index (κ2) is 8.24. The highest BCUT2D eigenvalue weighted by molar-refractivity contribution is 5.98. The van der Waals surface area contributed by atoms with E-state index in [1.807, 2.05) is 65.8 Å². The van der Waals surface area contributed by atoms with Crippen LogP contribution < -0.4 is 4.74 Å². The molecule has 1 N–H and O–H groups in total. The first-order valence-corrected chi connectivity index (χ1v) is 10.3. The number of methoxy groups -OCH3 is 1. The first-order chi connectivity index (χ1) is 15.2. The van der Waals surface area contributed by atoms with Crippen molar-refractivity contribution in [2.45, 2.75) is 0 Å². The van der Waals surface area contributed by atoms with E-state index in [1.54, 1.807) is 7.11 Å². The SMILES string of the molecule is COc1ccccc1-c1c[nH]c2ncc(-c3cccc(C(=O)N4CCOCC4)c3)cc12. The third-order valence-corrected chi connectivity index (χ3v) is 5.67. The summed E-state index contributed by atoms with van der Waals surface area (Å²) in [5.74, 6) is 0.849. The number of carbonyl (C=O) groups excluding carboxylic acids is 1. The smallest absolute Gasteiger partial charge is 0.254 e. The molecule has 6 heteroatoms. The van der Waals surface area contributed by atoms with Crippen LogP contribution in [0.15, 0.2) is 67.0 Å². The molecule has 1 aliphatic heterocycles. The molecule has 31 heavy (non-hydrogen) atoms. The fraction of sp³-hybridized carbons (Fsp3) is 0.200. The average molecular weight is 413 g/mol.